The molecule has 4 fully saturated rings. The van der Waals surface area contributed by atoms with Gasteiger partial charge in [0.1, 0.15) is 5.60 Å². The fraction of sp³-hybridized carbons (Fsp3) is 0.684. The largest absolute Gasteiger partial charge is 0.384 e. The average molecular weight is 285 g/mol. The molecule has 5 rings (SSSR count). The lowest BCUT2D eigenvalue weighted by atomic mass is 9.71. The van der Waals surface area contributed by atoms with Crippen LogP contribution in [-0.2, 0) is 5.60 Å². The van der Waals surface area contributed by atoms with Gasteiger partial charge < -0.3 is 10.0 Å². The Bertz CT molecular complexity index is 483. The molecule has 0 radical (unpaired) electrons. The van der Waals surface area contributed by atoms with Crippen molar-refractivity contribution in [3.05, 3.63) is 35.4 Å². The zero-order valence-corrected chi connectivity index (χ0v) is 12.9. The highest BCUT2D eigenvalue weighted by molar-refractivity contribution is 5.31. The van der Waals surface area contributed by atoms with Crippen molar-refractivity contribution in [3.8, 4) is 0 Å². The van der Waals surface area contributed by atoms with Crippen LogP contribution in [0.1, 0.15) is 62.0 Å². The van der Waals surface area contributed by atoms with E-state index in [2.05, 4.69) is 29.2 Å². The number of hydrogen-bond donors (Lipinski definition) is 1. The molecule has 1 aromatic carbocycles. The van der Waals surface area contributed by atoms with Crippen molar-refractivity contribution in [3.63, 3.8) is 0 Å². The van der Waals surface area contributed by atoms with Gasteiger partial charge in [-0.1, -0.05) is 43.5 Å². The zero-order valence-electron chi connectivity index (χ0n) is 12.9. The molecular weight excluding hydrogens is 258 g/mol. The molecule has 21 heavy (non-hydrogen) atoms. The molecule has 2 nitrogen and oxygen atoms in total. The number of benzene rings is 1. The Morgan fingerprint density at radius 2 is 1.57 bits per heavy atom. The molecule has 3 saturated heterocycles. The lowest BCUT2D eigenvalue weighted by Gasteiger charge is -2.50. The fourth-order valence-electron chi connectivity index (χ4n) is 4.85. The van der Waals surface area contributed by atoms with E-state index < -0.39 is 5.60 Å². The Hall–Kier alpha value is -0.860. The molecule has 1 atom stereocenters. The normalized spacial score (nSPS) is 36.8. The van der Waals surface area contributed by atoms with Gasteiger partial charge in [0.25, 0.3) is 0 Å². The molecule has 1 saturated carbocycles. The lowest BCUT2D eigenvalue weighted by Crippen LogP contribution is -2.57. The summed E-state index contributed by atoms with van der Waals surface area (Å²) in [5.74, 6) is 1.22. The molecular formula is C19H27NO. The summed E-state index contributed by atoms with van der Waals surface area (Å²) in [6, 6.07) is 9.01. The van der Waals surface area contributed by atoms with Crippen LogP contribution in [0.25, 0.3) is 0 Å². The zero-order chi connectivity index (χ0) is 14.3. The van der Waals surface area contributed by atoms with Crippen molar-refractivity contribution in [2.45, 2.75) is 56.5 Å². The molecule has 1 N–H and O–H groups in total. The van der Waals surface area contributed by atoms with Crippen LogP contribution in [0, 0.1) is 5.92 Å². The summed E-state index contributed by atoms with van der Waals surface area (Å²) >= 11 is 0. The number of aliphatic hydroxyl groups is 1. The quantitative estimate of drug-likeness (QED) is 0.896. The standard InChI is InChI=1S/C19H27NO/c21-19(14-20-12-10-18(19)11-13-20)17-8-6-16(7-9-17)15-4-2-1-3-5-15/h6-9,15,18,21H,1-5,10-14H2. The molecule has 0 amide bonds. The predicted octanol–water partition coefficient (Wildman–Crippen LogP) is 3.65. The third kappa shape index (κ3) is 2.43. The van der Waals surface area contributed by atoms with Crippen molar-refractivity contribution < 1.29 is 5.11 Å². The average Bonchev–Trinajstić information content (AvgIpc) is 2.57. The topological polar surface area (TPSA) is 23.5 Å². The molecule has 3 aliphatic heterocycles. The fourth-order valence-corrected chi connectivity index (χ4v) is 4.85. The first-order valence-electron chi connectivity index (χ1n) is 8.81. The third-order valence-corrected chi connectivity index (χ3v) is 6.21. The van der Waals surface area contributed by atoms with Crippen molar-refractivity contribution in [1.82, 2.24) is 4.90 Å². The first-order valence-corrected chi connectivity index (χ1v) is 8.81. The van der Waals surface area contributed by atoms with Crippen LogP contribution in [0.2, 0.25) is 0 Å². The minimum Gasteiger partial charge on any atom is -0.384 e. The van der Waals surface area contributed by atoms with Gasteiger partial charge in [0, 0.05) is 6.54 Å². The number of fused-ring (bicyclic) bond motifs is 3. The molecule has 1 aromatic rings. The summed E-state index contributed by atoms with van der Waals surface area (Å²) in [6.07, 6.45) is 9.18. The molecule has 0 aromatic heterocycles. The predicted molar refractivity (Wildman–Crippen MR) is 85.3 cm³/mol. The van der Waals surface area contributed by atoms with Gasteiger partial charge in [0.15, 0.2) is 0 Å². The molecule has 2 bridgehead atoms. The maximum atomic E-state index is 11.2. The third-order valence-electron chi connectivity index (χ3n) is 6.21. The maximum Gasteiger partial charge on any atom is 0.105 e. The van der Waals surface area contributed by atoms with Gasteiger partial charge in [-0.05, 0) is 61.7 Å². The molecule has 114 valence electrons. The van der Waals surface area contributed by atoms with E-state index >= 15 is 0 Å². The smallest absolute Gasteiger partial charge is 0.105 e. The SMILES string of the molecule is OC1(c2ccc(C3CCCCC3)cc2)CN2CCC1CC2. The van der Waals surface area contributed by atoms with E-state index in [0.29, 0.717) is 5.92 Å². The number of rotatable bonds is 2. The Labute approximate surface area is 128 Å². The molecule has 0 spiro atoms. The van der Waals surface area contributed by atoms with E-state index in [1.807, 2.05) is 0 Å². The summed E-state index contributed by atoms with van der Waals surface area (Å²) in [4.78, 5) is 2.43. The lowest BCUT2D eigenvalue weighted by molar-refractivity contribution is -0.117. The Morgan fingerprint density at radius 1 is 0.905 bits per heavy atom. The monoisotopic (exact) mass is 285 g/mol. The van der Waals surface area contributed by atoms with Crippen LogP contribution < -0.4 is 0 Å². The van der Waals surface area contributed by atoms with E-state index in [1.165, 1.54) is 50.8 Å². The Kier molecular flexibility index (Phi) is 3.55. The number of hydrogen-bond acceptors (Lipinski definition) is 2. The highest BCUT2D eigenvalue weighted by atomic mass is 16.3. The van der Waals surface area contributed by atoms with Gasteiger partial charge in [-0.25, -0.2) is 0 Å². The van der Waals surface area contributed by atoms with E-state index in [0.717, 1.165) is 30.9 Å². The summed E-state index contributed by atoms with van der Waals surface area (Å²) in [6.45, 7) is 3.18. The second-order valence-electron chi connectivity index (χ2n) is 7.43. The van der Waals surface area contributed by atoms with Crippen LogP contribution in [-0.4, -0.2) is 29.6 Å². The highest BCUT2D eigenvalue weighted by Gasteiger charge is 2.46. The minimum atomic E-state index is -0.596. The summed E-state index contributed by atoms with van der Waals surface area (Å²) in [7, 11) is 0. The van der Waals surface area contributed by atoms with E-state index in [4.69, 9.17) is 0 Å². The molecule has 2 heteroatoms. The van der Waals surface area contributed by atoms with Crippen molar-refractivity contribution in [2.75, 3.05) is 19.6 Å². The van der Waals surface area contributed by atoms with Crippen LogP contribution >= 0.6 is 0 Å². The minimum absolute atomic E-state index is 0.461. The van der Waals surface area contributed by atoms with E-state index in [1.54, 1.807) is 0 Å². The van der Waals surface area contributed by atoms with E-state index in [-0.39, 0.29) is 0 Å². The van der Waals surface area contributed by atoms with Gasteiger partial charge in [0.05, 0.1) is 0 Å². The first kappa shape index (κ1) is 13.8. The van der Waals surface area contributed by atoms with Crippen molar-refractivity contribution in [1.29, 1.82) is 0 Å². The van der Waals surface area contributed by atoms with Gasteiger partial charge in [-0.3, -0.25) is 0 Å². The van der Waals surface area contributed by atoms with Crippen molar-refractivity contribution in [2.24, 2.45) is 5.92 Å². The highest BCUT2D eigenvalue weighted by Crippen LogP contribution is 2.43. The second-order valence-corrected chi connectivity index (χ2v) is 7.43. The molecule has 4 aliphatic rings. The number of nitrogens with zero attached hydrogens (tertiary/aromatic N) is 1. The first-order chi connectivity index (χ1) is 10.3. The maximum absolute atomic E-state index is 11.2. The Balaban J connectivity index is 1.55. The van der Waals surface area contributed by atoms with Gasteiger partial charge >= 0.3 is 0 Å². The van der Waals surface area contributed by atoms with Crippen molar-refractivity contribution >= 4 is 0 Å². The van der Waals surface area contributed by atoms with Crippen LogP contribution in [0.4, 0.5) is 0 Å². The summed E-state index contributed by atoms with van der Waals surface area (Å²) in [5, 5.41) is 11.2. The summed E-state index contributed by atoms with van der Waals surface area (Å²) in [5.41, 5.74) is 2.04. The van der Waals surface area contributed by atoms with Gasteiger partial charge in [-0.15, -0.1) is 0 Å². The van der Waals surface area contributed by atoms with Crippen LogP contribution in [0.15, 0.2) is 24.3 Å². The second kappa shape index (κ2) is 5.40. The molecule has 1 aliphatic carbocycles. The van der Waals surface area contributed by atoms with Crippen LogP contribution in [0.5, 0.6) is 0 Å². The summed E-state index contributed by atoms with van der Waals surface area (Å²) < 4.78 is 0. The van der Waals surface area contributed by atoms with Crippen LogP contribution in [0.3, 0.4) is 0 Å². The van der Waals surface area contributed by atoms with E-state index in [9.17, 15) is 5.11 Å². The van der Waals surface area contributed by atoms with Gasteiger partial charge in [0.2, 0.25) is 0 Å². The molecule has 3 heterocycles. The van der Waals surface area contributed by atoms with Gasteiger partial charge in [-0.2, -0.15) is 0 Å². The Morgan fingerprint density at radius 3 is 2.14 bits per heavy atom. The number of piperidine rings is 3. The molecule has 1 unspecified atom stereocenters.